The van der Waals surface area contributed by atoms with Crippen molar-refractivity contribution in [2.24, 2.45) is 0 Å². The maximum atomic E-state index is 12.9. The first-order chi connectivity index (χ1) is 10.1. The first-order valence-corrected chi connectivity index (χ1v) is 7.84. The number of benzene rings is 1. The van der Waals surface area contributed by atoms with Gasteiger partial charge in [0.1, 0.15) is 5.82 Å². The largest absolute Gasteiger partial charge is 0.378 e. The number of rotatable bonds is 7. The van der Waals surface area contributed by atoms with E-state index in [0.29, 0.717) is 12.6 Å². The van der Waals surface area contributed by atoms with E-state index in [1.54, 1.807) is 30.6 Å². The molecule has 0 spiro atoms. The number of aromatic nitrogens is 1. The van der Waals surface area contributed by atoms with Crippen LogP contribution in [0.25, 0.3) is 0 Å². The minimum absolute atomic E-state index is 0.209. The second-order valence-corrected chi connectivity index (χ2v) is 6.42. The number of nitrogens with zero attached hydrogens (tertiary/aromatic N) is 1. The highest BCUT2D eigenvalue weighted by molar-refractivity contribution is 7.11. The first-order valence-electron chi connectivity index (χ1n) is 7.02. The highest BCUT2D eigenvalue weighted by atomic mass is 32.1. The summed E-state index contributed by atoms with van der Waals surface area (Å²) in [4.78, 5) is 5.87. The van der Waals surface area contributed by atoms with Gasteiger partial charge in [0.05, 0.1) is 17.3 Å². The van der Waals surface area contributed by atoms with Gasteiger partial charge in [0.2, 0.25) is 0 Å². The highest BCUT2D eigenvalue weighted by Crippen LogP contribution is 2.22. The topological polar surface area (TPSA) is 34.1 Å². The molecular weight excluding hydrogens is 287 g/mol. The zero-order valence-corrected chi connectivity index (χ0v) is 13.5. The molecule has 0 aliphatic rings. The molecule has 0 radical (unpaired) electrons. The normalized spacial score (nSPS) is 11.3. The number of nitrogens with one attached hydrogen (secondary N) is 1. The number of thiazole rings is 1. The third kappa shape index (κ3) is 4.88. The molecule has 1 aromatic heterocycles. The minimum Gasteiger partial charge on any atom is -0.378 e. The lowest BCUT2D eigenvalue weighted by Crippen LogP contribution is -2.21. The Hall–Kier alpha value is -1.30. The van der Waals surface area contributed by atoms with Gasteiger partial charge in [-0.15, -0.1) is 11.3 Å². The molecule has 0 fully saturated rings. The van der Waals surface area contributed by atoms with Crippen LogP contribution in [0, 0.1) is 5.82 Å². The predicted molar refractivity (Wildman–Crippen MR) is 84.0 cm³/mol. The lowest BCUT2D eigenvalue weighted by molar-refractivity contribution is 0.181. The van der Waals surface area contributed by atoms with Gasteiger partial charge in [-0.05, 0) is 17.7 Å². The van der Waals surface area contributed by atoms with E-state index in [2.05, 4.69) is 24.1 Å². The average Bonchev–Trinajstić information content (AvgIpc) is 2.81. The molecule has 0 amide bonds. The summed E-state index contributed by atoms with van der Waals surface area (Å²) in [6, 6.07) is 7.01. The summed E-state index contributed by atoms with van der Waals surface area (Å²) in [6.07, 6.45) is 0.726. The van der Waals surface area contributed by atoms with Gasteiger partial charge in [-0.3, -0.25) is 0 Å². The second-order valence-electron chi connectivity index (χ2n) is 5.25. The van der Waals surface area contributed by atoms with Crippen LogP contribution >= 0.6 is 11.3 Å². The summed E-state index contributed by atoms with van der Waals surface area (Å²) >= 11 is 1.69. The molecule has 1 aromatic carbocycles. The lowest BCUT2D eigenvalue weighted by Gasteiger charge is -2.07. The highest BCUT2D eigenvalue weighted by Gasteiger charge is 2.12. The molecular formula is C16H21FN2OS. The molecule has 2 aromatic rings. The monoisotopic (exact) mass is 308 g/mol. The maximum Gasteiger partial charge on any atom is 0.123 e. The summed E-state index contributed by atoms with van der Waals surface area (Å²) in [6.45, 7) is 5.57. The van der Waals surface area contributed by atoms with E-state index < -0.39 is 0 Å². The fourth-order valence-corrected chi connectivity index (χ4v) is 3.03. The first kappa shape index (κ1) is 16.1. The van der Waals surface area contributed by atoms with Crippen LogP contribution in [0.5, 0.6) is 0 Å². The Morgan fingerprint density at radius 2 is 2.00 bits per heavy atom. The van der Waals surface area contributed by atoms with E-state index in [0.717, 1.165) is 29.2 Å². The van der Waals surface area contributed by atoms with E-state index in [9.17, 15) is 4.39 Å². The van der Waals surface area contributed by atoms with Gasteiger partial charge in [-0.1, -0.05) is 26.0 Å². The average molecular weight is 308 g/mol. The molecule has 2 rings (SSSR count). The van der Waals surface area contributed by atoms with Crippen molar-refractivity contribution in [3.05, 3.63) is 51.2 Å². The summed E-state index contributed by atoms with van der Waals surface area (Å²) in [7, 11) is 1.68. The van der Waals surface area contributed by atoms with E-state index >= 15 is 0 Å². The molecule has 0 atom stereocenters. The molecule has 1 heterocycles. The molecule has 0 unspecified atom stereocenters. The van der Waals surface area contributed by atoms with Crippen LogP contribution < -0.4 is 5.32 Å². The van der Waals surface area contributed by atoms with Crippen LogP contribution in [0.2, 0.25) is 0 Å². The Balaban J connectivity index is 2.12. The SMILES string of the molecule is COCc1nc(Cc2ccc(F)cc2)sc1CNC(C)C. The summed E-state index contributed by atoms with van der Waals surface area (Å²) in [5, 5.41) is 4.45. The number of ether oxygens (including phenoxy) is 1. The zero-order valence-electron chi connectivity index (χ0n) is 12.6. The molecule has 0 saturated heterocycles. The van der Waals surface area contributed by atoms with Crippen molar-refractivity contribution >= 4 is 11.3 Å². The van der Waals surface area contributed by atoms with Gasteiger partial charge in [-0.25, -0.2) is 9.37 Å². The van der Waals surface area contributed by atoms with Crippen molar-refractivity contribution in [2.45, 2.75) is 39.5 Å². The van der Waals surface area contributed by atoms with E-state index in [-0.39, 0.29) is 5.82 Å². The Bertz CT molecular complexity index is 566. The van der Waals surface area contributed by atoms with Crippen LogP contribution in [0.4, 0.5) is 4.39 Å². The van der Waals surface area contributed by atoms with Crippen LogP contribution in [0.3, 0.4) is 0 Å². The van der Waals surface area contributed by atoms with Crippen LogP contribution in [0.1, 0.15) is 35.0 Å². The molecule has 5 heteroatoms. The number of halogens is 1. The molecule has 21 heavy (non-hydrogen) atoms. The van der Waals surface area contributed by atoms with Gasteiger partial charge in [-0.2, -0.15) is 0 Å². The summed E-state index contributed by atoms with van der Waals surface area (Å²) in [5.41, 5.74) is 2.06. The second kappa shape index (κ2) is 7.64. The van der Waals surface area contributed by atoms with Crippen molar-refractivity contribution in [1.29, 1.82) is 0 Å². The van der Waals surface area contributed by atoms with Crippen LogP contribution in [-0.2, 0) is 24.3 Å². The number of hydrogen-bond acceptors (Lipinski definition) is 4. The van der Waals surface area contributed by atoms with Crippen molar-refractivity contribution in [2.75, 3.05) is 7.11 Å². The fraction of sp³-hybridized carbons (Fsp3) is 0.438. The van der Waals surface area contributed by atoms with Gasteiger partial charge < -0.3 is 10.1 Å². The lowest BCUT2D eigenvalue weighted by atomic mass is 10.1. The van der Waals surface area contributed by atoms with Crippen molar-refractivity contribution in [1.82, 2.24) is 10.3 Å². The summed E-state index contributed by atoms with van der Waals surface area (Å²) in [5.74, 6) is -0.209. The van der Waals surface area contributed by atoms with E-state index in [4.69, 9.17) is 4.74 Å². The van der Waals surface area contributed by atoms with Gasteiger partial charge >= 0.3 is 0 Å². The van der Waals surface area contributed by atoms with E-state index in [1.165, 1.54) is 17.0 Å². The van der Waals surface area contributed by atoms with Crippen molar-refractivity contribution < 1.29 is 9.13 Å². The van der Waals surface area contributed by atoms with Crippen LogP contribution in [-0.4, -0.2) is 18.1 Å². The molecule has 0 aliphatic carbocycles. The zero-order chi connectivity index (χ0) is 15.2. The Morgan fingerprint density at radius 1 is 1.29 bits per heavy atom. The van der Waals surface area contributed by atoms with Gasteiger partial charge in [0, 0.05) is 31.0 Å². The smallest absolute Gasteiger partial charge is 0.123 e. The minimum atomic E-state index is -0.209. The third-order valence-corrected chi connectivity index (χ3v) is 4.14. The maximum absolute atomic E-state index is 12.9. The quantitative estimate of drug-likeness (QED) is 0.850. The molecule has 0 saturated carbocycles. The third-order valence-electron chi connectivity index (χ3n) is 3.04. The summed E-state index contributed by atoms with van der Waals surface area (Å²) < 4.78 is 18.2. The van der Waals surface area contributed by atoms with Gasteiger partial charge in [0.15, 0.2) is 0 Å². The van der Waals surface area contributed by atoms with Crippen molar-refractivity contribution in [3.63, 3.8) is 0 Å². The van der Waals surface area contributed by atoms with E-state index in [1.807, 2.05) is 0 Å². The fourth-order valence-electron chi connectivity index (χ4n) is 1.97. The Morgan fingerprint density at radius 3 is 2.62 bits per heavy atom. The molecule has 114 valence electrons. The number of hydrogen-bond donors (Lipinski definition) is 1. The van der Waals surface area contributed by atoms with Crippen LogP contribution in [0.15, 0.2) is 24.3 Å². The number of methoxy groups -OCH3 is 1. The van der Waals surface area contributed by atoms with Gasteiger partial charge in [0.25, 0.3) is 0 Å². The molecule has 3 nitrogen and oxygen atoms in total. The molecule has 0 bridgehead atoms. The Labute approximate surface area is 129 Å². The molecule has 1 N–H and O–H groups in total. The standard InChI is InChI=1S/C16H21FN2OS/c1-11(2)18-9-15-14(10-20-3)19-16(21-15)8-12-4-6-13(17)7-5-12/h4-7,11,18H,8-10H2,1-3H3. The Kier molecular flexibility index (Phi) is 5.85. The predicted octanol–water partition coefficient (Wildman–Crippen LogP) is 3.52. The molecule has 0 aliphatic heterocycles. The van der Waals surface area contributed by atoms with Crippen molar-refractivity contribution in [3.8, 4) is 0 Å².